The first-order valence-electron chi connectivity index (χ1n) is 5.87. The lowest BCUT2D eigenvalue weighted by Crippen LogP contribution is -2.36. The van der Waals surface area contributed by atoms with Crippen molar-refractivity contribution in [2.45, 2.75) is 13.8 Å². The van der Waals surface area contributed by atoms with Crippen LogP contribution in [0.3, 0.4) is 0 Å². The molecule has 0 aliphatic heterocycles. The maximum Gasteiger partial charge on any atom is 0.326 e. The van der Waals surface area contributed by atoms with Crippen molar-refractivity contribution in [1.29, 1.82) is 0 Å². The third-order valence-corrected chi connectivity index (χ3v) is 2.78. The summed E-state index contributed by atoms with van der Waals surface area (Å²) in [6.45, 7) is 3.39. The fourth-order valence-electron chi connectivity index (χ4n) is 1.64. The van der Waals surface area contributed by atoms with Crippen molar-refractivity contribution >= 4 is 12.2 Å². The number of aromatic nitrogens is 3. The van der Waals surface area contributed by atoms with E-state index in [1.54, 1.807) is 27.0 Å². The molecular weight excluding hydrogens is 242 g/mol. The zero-order valence-electron chi connectivity index (χ0n) is 11.1. The molecule has 0 saturated carbocycles. The molecule has 0 fully saturated rings. The first-order valence-corrected chi connectivity index (χ1v) is 5.87. The van der Waals surface area contributed by atoms with Crippen molar-refractivity contribution in [1.82, 2.24) is 10.2 Å². The predicted octanol–water partition coefficient (Wildman–Crippen LogP) is 1.91. The quantitative estimate of drug-likeness (QED) is 0.622. The van der Waals surface area contributed by atoms with E-state index in [1.165, 1.54) is 0 Å². The lowest BCUT2D eigenvalue weighted by atomic mass is 10.2. The molecule has 5 nitrogen and oxygen atoms in total. The molecule has 0 radical (unpaired) electrons. The Hall–Kier alpha value is -2.43. The zero-order chi connectivity index (χ0) is 13.8. The number of ether oxygens (including phenoxy) is 1. The zero-order valence-corrected chi connectivity index (χ0v) is 11.1. The Morgan fingerprint density at radius 2 is 1.79 bits per heavy atom. The maximum atomic E-state index is 11.9. The first kappa shape index (κ1) is 13.0. The van der Waals surface area contributed by atoms with Crippen LogP contribution in [0.2, 0.25) is 0 Å². The molecule has 1 aromatic heterocycles. The van der Waals surface area contributed by atoms with E-state index in [9.17, 15) is 5.21 Å². The van der Waals surface area contributed by atoms with E-state index in [2.05, 4.69) is 10.2 Å². The summed E-state index contributed by atoms with van der Waals surface area (Å²) in [5, 5.41) is 19.6. The summed E-state index contributed by atoms with van der Waals surface area (Å²) in [7, 11) is 1.62. The van der Waals surface area contributed by atoms with E-state index in [1.807, 2.05) is 30.3 Å². The van der Waals surface area contributed by atoms with Crippen LogP contribution in [-0.2, 0) is 0 Å². The van der Waals surface area contributed by atoms with Crippen molar-refractivity contribution in [2.24, 2.45) is 0 Å². The Labute approximate surface area is 111 Å². The predicted molar refractivity (Wildman–Crippen MR) is 72.4 cm³/mol. The normalized spacial score (nSPS) is 10.9. The summed E-state index contributed by atoms with van der Waals surface area (Å²) in [4.78, 5) is 0. The van der Waals surface area contributed by atoms with Crippen molar-refractivity contribution in [3.63, 3.8) is 0 Å². The SMILES string of the molecule is COc1ccc(/C=C/c2c(C)nnc(C)[n+]2[O-])cc1. The molecule has 0 amide bonds. The average molecular weight is 257 g/mol. The summed E-state index contributed by atoms with van der Waals surface area (Å²) in [6.07, 6.45) is 3.60. The van der Waals surface area contributed by atoms with E-state index >= 15 is 0 Å². The highest BCUT2D eigenvalue weighted by Crippen LogP contribution is 2.13. The molecule has 0 aliphatic carbocycles. The standard InChI is InChI=1S/C14H15N3O2/c1-10-14(17(18)11(2)16-15-10)9-6-12-4-7-13(19-3)8-5-12/h4-9H,1-3H3/b9-6+. The van der Waals surface area contributed by atoms with Crippen LogP contribution in [0.5, 0.6) is 5.75 Å². The van der Waals surface area contributed by atoms with Gasteiger partial charge in [0.25, 0.3) is 0 Å². The topological polar surface area (TPSA) is 62.0 Å². The van der Waals surface area contributed by atoms with Crippen molar-refractivity contribution in [3.8, 4) is 5.75 Å². The van der Waals surface area contributed by atoms with Gasteiger partial charge in [-0.25, -0.2) is 4.73 Å². The molecular formula is C14H15N3O2. The van der Waals surface area contributed by atoms with Gasteiger partial charge >= 0.3 is 5.82 Å². The number of rotatable bonds is 3. The molecule has 2 rings (SSSR count). The molecule has 0 unspecified atom stereocenters. The van der Waals surface area contributed by atoms with Gasteiger partial charge in [0, 0.05) is 6.92 Å². The number of aryl methyl sites for hydroxylation is 2. The number of hydrogen-bond donors (Lipinski definition) is 0. The second kappa shape index (κ2) is 5.48. The van der Waals surface area contributed by atoms with Gasteiger partial charge in [-0.15, -0.1) is 0 Å². The highest BCUT2D eigenvalue weighted by atomic mass is 16.5. The lowest BCUT2D eigenvalue weighted by Gasteiger charge is -2.07. The van der Waals surface area contributed by atoms with Crippen LogP contribution >= 0.6 is 0 Å². The summed E-state index contributed by atoms with van der Waals surface area (Å²) in [5.74, 6) is 1.13. The molecule has 5 heteroatoms. The number of nitrogens with zero attached hydrogens (tertiary/aromatic N) is 3. The molecule has 0 spiro atoms. The fraction of sp³-hybridized carbons (Fsp3) is 0.214. The van der Waals surface area contributed by atoms with Gasteiger partial charge in [0.05, 0.1) is 12.2 Å². The summed E-state index contributed by atoms with van der Waals surface area (Å²) < 4.78 is 5.87. The van der Waals surface area contributed by atoms with Gasteiger partial charge in [-0.1, -0.05) is 18.2 Å². The molecule has 98 valence electrons. The highest BCUT2D eigenvalue weighted by Gasteiger charge is 2.09. The minimum atomic E-state index is 0.333. The second-order valence-corrected chi connectivity index (χ2v) is 4.12. The monoisotopic (exact) mass is 257 g/mol. The molecule has 0 aliphatic rings. The van der Waals surface area contributed by atoms with Crippen LogP contribution in [0.4, 0.5) is 0 Å². The van der Waals surface area contributed by atoms with Gasteiger partial charge in [-0.3, -0.25) is 0 Å². The Morgan fingerprint density at radius 1 is 1.11 bits per heavy atom. The lowest BCUT2D eigenvalue weighted by molar-refractivity contribution is -0.619. The van der Waals surface area contributed by atoms with Crippen molar-refractivity contribution < 1.29 is 9.47 Å². The van der Waals surface area contributed by atoms with Crippen LogP contribution in [0.15, 0.2) is 24.3 Å². The second-order valence-electron chi connectivity index (χ2n) is 4.12. The Bertz CT molecular complexity index is 607. The highest BCUT2D eigenvalue weighted by molar-refractivity contribution is 5.67. The van der Waals surface area contributed by atoms with Gasteiger partial charge in [-0.05, 0) is 35.8 Å². The third-order valence-electron chi connectivity index (χ3n) is 2.78. The molecule has 0 atom stereocenters. The largest absolute Gasteiger partial charge is 0.710 e. The number of benzene rings is 1. The maximum absolute atomic E-state index is 11.9. The van der Waals surface area contributed by atoms with Crippen LogP contribution in [-0.4, -0.2) is 17.3 Å². The molecule has 1 aromatic carbocycles. The molecule has 2 aromatic rings. The van der Waals surface area contributed by atoms with Gasteiger partial charge in [0.15, 0.2) is 5.69 Å². The van der Waals surface area contributed by atoms with Crippen LogP contribution in [0.25, 0.3) is 12.2 Å². The van der Waals surface area contributed by atoms with Crippen molar-refractivity contribution in [2.75, 3.05) is 7.11 Å². The minimum absolute atomic E-state index is 0.333. The van der Waals surface area contributed by atoms with Gasteiger partial charge < -0.3 is 9.94 Å². The van der Waals surface area contributed by atoms with Crippen molar-refractivity contribution in [3.05, 3.63) is 52.2 Å². The van der Waals surface area contributed by atoms with E-state index in [0.29, 0.717) is 17.2 Å². The van der Waals surface area contributed by atoms with E-state index in [-0.39, 0.29) is 0 Å². The Morgan fingerprint density at radius 3 is 2.42 bits per heavy atom. The minimum Gasteiger partial charge on any atom is -0.710 e. The third kappa shape index (κ3) is 2.88. The molecule has 19 heavy (non-hydrogen) atoms. The average Bonchev–Trinajstić information content (AvgIpc) is 2.44. The summed E-state index contributed by atoms with van der Waals surface area (Å²) in [6, 6.07) is 7.57. The number of hydrogen-bond acceptors (Lipinski definition) is 4. The van der Waals surface area contributed by atoms with E-state index in [4.69, 9.17) is 4.74 Å². The van der Waals surface area contributed by atoms with Crippen LogP contribution in [0.1, 0.15) is 22.8 Å². The molecule has 1 heterocycles. The van der Waals surface area contributed by atoms with Gasteiger partial charge in [-0.2, -0.15) is 0 Å². The fourth-order valence-corrected chi connectivity index (χ4v) is 1.64. The van der Waals surface area contributed by atoms with Crippen LogP contribution in [0, 0.1) is 19.1 Å². The Kier molecular flexibility index (Phi) is 3.75. The summed E-state index contributed by atoms with van der Waals surface area (Å²) in [5.41, 5.74) is 2.09. The molecule has 0 bridgehead atoms. The van der Waals surface area contributed by atoms with Gasteiger partial charge in [0.1, 0.15) is 11.4 Å². The first-order chi connectivity index (χ1) is 9.11. The summed E-state index contributed by atoms with van der Waals surface area (Å²) >= 11 is 0. The smallest absolute Gasteiger partial charge is 0.326 e. The molecule has 0 saturated heterocycles. The number of methoxy groups -OCH3 is 1. The van der Waals surface area contributed by atoms with Gasteiger partial charge in [0.2, 0.25) is 0 Å². The van der Waals surface area contributed by atoms with E-state index in [0.717, 1.165) is 16.0 Å². The Balaban J connectivity index is 2.29. The van der Waals surface area contributed by atoms with Crippen LogP contribution < -0.4 is 9.47 Å². The van der Waals surface area contributed by atoms with E-state index < -0.39 is 0 Å². The molecule has 0 N–H and O–H groups in total.